The summed E-state index contributed by atoms with van der Waals surface area (Å²) in [5, 5.41) is 10.6. The van der Waals surface area contributed by atoms with Gasteiger partial charge in [0.15, 0.2) is 5.69 Å². The van der Waals surface area contributed by atoms with Crippen molar-refractivity contribution in [1.82, 2.24) is 20.3 Å². The minimum absolute atomic E-state index is 0.0702. The Labute approximate surface area is 154 Å². The summed E-state index contributed by atoms with van der Waals surface area (Å²) in [6.45, 7) is -0.108. The van der Waals surface area contributed by atoms with Gasteiger partial charge in [-0.2, -0.15) is 0 Å². The molecule has 0 aliphatic heterocycles. The number of esters is 1. The minimum Gasteiger partial charge on any atom is -0.460 e. The summed E-state index contributed by atoms with van der Waals surface area (Å²) < 4.78 is 6.49. The summed E-state index contributed by atoms with van der Waals surface area (Å²) in [4.78, 5) is 23.8. The molecule has 1 heterocycles. The Hall–Kier alpha value is -3.19. The van der Waals surface area contributed by atoms with Crippen molar-refractivity contribution in [3.63, 3.8) is 0 Å². The maximum absolute atomic E-state index is 12.1. The van der Waals surface area contributed by atoms with E-state index in [1.54, 1.807) is 24.3 Å². The minimum atomic E-state index is -0.541. The van der Waals surface area contributed by atoms with Crippen molar-refractivity contribution < 1.29 is 14.3 Å². The Morgan fingerprint density at radius 2 is 1.81 bits per heavy atom. The fourth-order valence-corrected chi connectivity index (χ4v) is 2.38. The molecular formula is C18H15ClN4O3. The number of halogens is 1. The van der Waals surface area contributed by atoms with Crippen molar-refractivity contribution in [2.45, 2.75) is 6.61 Å². The quantitative estimate of drug-likeness (QED) is 0.673. The normalized spacial score (nSPS) is 10.3. The van der Waals surface area contributed by atoms with Crippen molar-refractivity contribution in [3.8, 4) is 5.69 Å². The molecule has 1 aromatic heterocycles. The van der Waals surface area contributed by atoms with E-state index in [1.165, 1.54) is 10.9 Å². The molecule has 2 aromatic carbocycles. The van der Waals surface area contributed by atoms with Gasteiger partial charge in [-0.1, -0.05) is 59.3 Å². The maximum atomic E-state index is 12.1. The molecule has 0 aliphatic carbocycles. The molecule has 7 nitrogen and oxygen atoms in total. The van der Waals surface area contributed by atoms with Gasteiger partial charge in [0.05, 0.1) is 16.9 Å². The van der Waals surface area contributed by atoms with E-state index in [-0.39, 0.29) is 18.8 Å². The monoisotopic (exact) mass is 370 g/mol. The predicted molar refractivity (Wildman–Crippen MR) is 94.9 cm³/mol. The summed E-state index contributed by atoms with van der Waals surface area (Å²) in [5.74, 6) is -1.07. The average molecular weight is 371 g/mol. The third kappa shape index (κ3) is 4.46. The van der Waals surface area contributed by atoms with Gasteiger partial charge in [-0.05, 0) is 17.7 Å². The lowest BCUT2D eigenvalue weighted by Crippen LogP contribution is -2.30. The van der Waals surface area contributed by atoms with E-state index in [1.807, 2.05) is 30.3 Å². The number of aromatic nitrogens is 3. The first-order chi connectivity index (χ1) is 12.6. The first-order valence-electron chi connectivity index (χ1n) is 7.78. The lowest BCUT2D eigenvalue weighted by molar-refractivity contribution is -0.143. The zero-order valence-corrected chi connectivity index (χ0v) is 14.4. The molecule has 3 rings (SSSR count). The van der Waals surface area contributed by atoms with Crippen LogP contribution in [-0.2, 0) is 16.1 Å². The molecule has 3 aromatic rings. The molecule has 0 saturated heterocycles. The molecule has 1 N–H and O–H groups in total. The average Bonchev–Trinajstić information content (AvgIpc) is 3.15. The standard InChI is InChI=1S/C18H15ClN4O3/c19-14-8-4-5-9-16(14)23-11-15(21-22-23)18(25)20-10-17(24)26-12-13-6-2-1-3-7-13/h1-9,11H,10,12H2,(H,20,25). The largest absolute Gasteiger partial charge is 0.460 e. The van der Waals surface area contributed by atoms with Gasteiger partial charge in [-0.15, -0.1) is 5.10 Å². The molecular weight excluding hydrogens is 356 g/mol. The Balaban J connectivity index is 1.52. The molecule has 1 amide bonds. The van der Waals surface area contributed by atoms with E-state index in [0.717, 1.165) is 5.56 Å². The van der Waals surface area contributed by atoms with E-state index in [0.29, 0.717) is 10.7 Å². The number of nitrogens with zero attached hydrogens (tertiary/aromatic N) is 3. The lowest BCUT2D eigenvalue weighted by atomic mass is 10.2. The molecule has 0 unspecified atom stereocenters. The molecule has 0 bridgehead atoms. The van der Waals surface area contributed by atoms with E-state index in [4.69, 9.17) is 16.3 Å². The Kier molecular flexibility index (Phi) is 5.60. The van der Waals surface area contributed by atoms with Gasteiger partial charge < -0.3 is 10.1 Å². The van der Waals surface area contributed by atoms with Gasteiger partial charge >= 0.3 is 5.97 Å². The molecule has 0 aliphatic rings. The van der Waals surface area contributed by atoms with Gasteiger partial charge in [0.2, 0.25) is 0 Å². The lowest BCUT2D eigenvalue weighted by Gasteiger charge is -2.05. The number of para-hydroxylation sites is 1. The number of nitrogens with one attached hydrogen (secondary N) is 1. The summed E-state index contributed by atoms with van der Waals surface area (Å²) in [5.41, 5.74) is 1.54. The van der Waals surface area contributed by atoms with Gasteiger partial charge in [0.25, 0.3) is 5.91 Å². The van der Waals surface area contributed by atoms with Crippen molar-refractivity contribution in [1.29, 1.82) is 0 Å². The Bertz CT molecular complexity index is 912. The van der Waals surface area contributed by atoms with E-state index in [9.17, 15) is 9.59 Å². The molecule has 0 fully saturated rings. The number of benzene rings is 2. The summed E-state index contributed by atoms with van der Waals surface area (Å²) in [6.07, 6.45) is 1.44. The molecule has 8 heteroatoms. The van der Waals surface area contributed by atoms with E-state index in [2.05, 4.69) is 15.6 Å². The van der Waals surface area contributed by atoms with Gasteiger partial charge in [0, 0.05) is 0 Å². The fourth-order valence-electron chi connectivity index (χ4n) is 2.16. The highest BCUT2D eigenvalue weighted by molar-refractivity contribution is 6.32. The second-order valence-corrected chi connectivity index (χ2v) is 5.74. The molecule has 0 radical (unpaired) electrons. The van der Waals surface area contributed by atoms with Crippen LogP contribution in [-0.4, -0.2) is 33.4 Å². The van der Waals surface area contributed by atoms with Crippen molar-refractivity contribution in [2.24, 2.45) is 0 Å². The van der Waals surface area contributed by atoms with Crippen molar-refractivity contribution in [2.75, 3.05) is 6.54 Å². The molecule has 0 saturated carbocycles. The smallest absolute Gasteiger partial charge is 0.325 e. The maximum Gasteiger partial charge on any atom is 0.325 e. The number of hydrogen-bond acceptors (Lipinski definition) is 5. The number of ether oxygens (including phenoxy) is 1. The zero-order chi connectivity index (χ0) is 18.4. The SMILES string of the molecule is O=C(CNC(=O)c1cn(-c2ccccc2Cl)nn1)OCc1ccccc1. The van der Waals surface area contributed by atoms with Crippen molar-refractivity contribution in [3.05, 3.63) is 77.1 Å². The second-order valence-electron chi connectivity index (χ2n) is 5.33. The molecule has 0 spiro atoms. The summed E-state index contributed by atoms with van der Waals surface area (Å²) in [6, 6.07) is 16.3. The van der Waals surface area contributed by atoms with Crippen LogP contribution in [0.15, 0.2) is 60.8 Å². The highest BCUT2D eigenvalue weighted by Gasteiger charge is 2.14. The third-order valence-corrected chi connectivity index (χ3v) is 3.78. The van der Waals surface area contributed by atoms with Crippen LogP contribution in [0.1, 0.15) is 16.1 Å². The van der Waals surface area contributed by atoms with E-state index < -0.39 is 11.9 Å². The zero-order valence-electron chi connectivity index (χ0n) is 13.6. The fraction of sp³-hybridized carbons (Fsp3) is 0.111. The molecule has 26 heavy (non-hydrogen) atoms. The van der Waals surface area contributed by atoms with Crippen LogP contribution >= 0.6 is 11.6 Å². The third-order valence-electron chi connectivity index (χ3n) is 3.46. The Morgan fingerprint density at radius 3 is 2.58 bits per heavy atom. The van der Waals surface area contributed by atoms with Crippen LogP contribution in [0.2, 0.25) is 5.02 Å². The first kappa shape index (κ1) is 17.6. The van der Waals surface area contributed by atoms with Gasteiger partial charge in [0.1, 0.15) is 13.2 Å². The van der Waals surface area contributed by atoms with Crippen LogP contribution in [0, 0.1) is 0 Å². The summed E-state index contributed by atoms with van der Waals surface area (Å²) >= 11 is 6.09. The predicted octanol–water partition coefficient (Wildman–Crippen LogP) is 2.39. The van der Waals surface area contributed by atoms with Crippen LogP contribution in [0.5, 0.6) is 0 Å². The van der Waals surface area contributed by atoms with Crippen LogP contribution in [0.25, 0.3) is 5.69 Å². The first-order valence-corrected chi connectivity index (χ1v) is 8.16. The van der Waals surface area contributed by atoms with E-state index >= 15 is 0 Å². The van der Waals surface area contributed by atoms with Crippen LogP contribution in [0.3, 0.4) is 0 Å². The number of rotatable bonds is 6. The number of carbonyl (C=O) groups is 2. The van der Waals surface area contributed by atoms with Crippen LogP contribution < -0.4 is 5.32 Å². The molecule has 132 valence electrons. The van der Waals surface area contributed by atoms with Crippen LogP contribution in [0.4, 0.5) is 0 Å². The Morgan fingerprint density at radius 1 is 1.08 bits per heavy atom. The number of carbonyl (C=O) groups excluding carboxylic acids is 2. The second kappa shape index (κ2) is 8.26. The topological polar surface area (TPSA) is 86.1 Å². The van der Waals surface area contributed by atoms with Gasteiger partial charge in [-0.3, -0.25) is 9.59 Å². The number of hydrogen-bond donors (Lipinski definition) is 1. The highest BCUT2D eigenvalue weighted by atomic mass is 35.5. The molecule has 0 atom stereocenters. The van der Waals surface area contributed by atoms with Gasteiger partial charge in [-0.25, -0.2) is 4.68 Å². The summed E-state index contributed by atoms with van der Waals surface area (Å²) in [7, 11) is 0. The highest BCUT2D eigenvalue weighted by Crippen LogP contribution is 2.18. The van der Waals surface area contributed by atoms with Crippen molar-refractivity contribution >= 4 is 23.5 Å². The number of amides is 1.